The second-order valence-electron chi connectivity index (χ2n) is 5.86. The highest BCUT2D eigenvalue weighted by atomic mass is 16.5. The summed E-state index contributed by atoms with van der Waals surface area (Å²) in [6.07, 6.45) is 6.92. The summed E-state index contributed by atoms with van der Waals surface area (Å²) in [5.74, 6) is 1.07. The summed E-state index contributed by atoms with van der Waals surface area (Å²) in [6, 6.07) is 4.53. The number of aromatic nitrogens is 6. The van der Waals surface area contributed by atoms with E-state index in [0.717, 1.165) is 5.56 Å². The van der Waals surface area contributed by atoms with Crippen molar-refractivity contribution in [3.8, 4) is 5.82 Å². The van der Waals surface area contributed by atoms with Crippen molar-refractivity contribution in [2.45, 2.75) is 19.0 Å². The zero-order chi connectivity index (χ0) is 17.2. The standard InChI is InChI=1S/C16H17N7O2/c1-11-7-17-16(18-8-11)20-12-9-25-10-13(12)23-15(24)4-3-14(21-23)22-6-2-5-19-22/h2-8,12-13H,9-10H2,1H3,(H,17,18,20). The van der Waals surface area contributed by atoms with Gasteiger partial charge in [-0.2, -0.15) is 5.10 Å². The van der Waals surface area contributed by atoms with Crippen LogP contribution in [-0.4, -0.2) is 48.8 Å². The van der Waals surface area contributed by atoms with Gasteiger partial charge >= 0.3 is 0 Å². The van der Waals surface area contributed by atoms with Crippen LogP contribution in [0.15, 0.2) is 47.8 Å². The van der Waals surface area contributed by atoms with Crippen LogP contribution in [0.4, 0.5) is 5.95 Å². The number of nitrogens with one attached hydrogen (secondary N) is 1. The van der Waals surface area contributed by atoms with Crippen molar-refractivity contribution >= 4 is 5.95 Å². The normalized spacial score (nSPS) is 19.9. The Morgan fingerprint density at radius 1 is 1.24 bits per heavy atom. The van der Waals surface area contributed by atoms with Gasteiger partial charge in [-0.1, -0.05) is 0 Å². The van der Waals surface area contributed by atoms with E-state index in [9.17, 15) is 4.79 Å². The Balaban J connectivity index is 1.62. The first-order chi connectivity index (χ1) is 12.2. The molecule has 128 valence electrons. The monoisotopic (exact) mass is 339 g/mol. The van der Waals surface area contributed by atoms with Crippen molar-refractivity contribution in [1.29, 1.82) is 0 Å². The van der Waals surface area contributed by atoms with Crippen LogP contribution in [0.25, 0.3) is 5.82 Å². The van der Waals surface area contributed by atoms with Gasteiger partial charge in [0.15, 0.2) is 5.82 Å². The Morgan fingerprint density at radius 3 is 2.84 bits per heavy atom. The van der Waals surface area contributed by atoms with Gasteiger partial charge in [0, 0.05) is 30.9 Å². The lowest BCUT2D eigenvalue weighted by molar-refractivity contribution is 0.182. The van der Waals surface area contributed by atoms with E-state index in [2.05, 4.69) is 25.5 Å². The van der Waals surface area contributed by atoms with E-state index in [1.807, 2.05) is 6.92 Å². The number of hydrogen-bond donors (Lipinski definition) is 1. The van der Waals surface area contributed by atoms with Crippen molar-refractivity contribution in [3.63, 3.8) is 0 Å². The van der Waals surface area contributed by atoms with Gasteiger partial charge in [-0.05, 0) is 24.6 Å². The molecule has 0 spiro atoms. The Bertz CT molecular complexity index is 905. The Kier molecular flexibility index (Phi) is 3.98. The minimum atomic E-state index is -0.257. The highest BCUT2D eigenvalue weighted by Crippen LogP contribution is 2.20. The zero-order valence-electron chi connectivity index (χ0n) is 13.6. The van der Waals surface area contributed by atoms with Crippen LogP contribution < -0.4 is 10.9 Å². The fraction of sp³-hybridized carbons (Fsp3) is 0.312. The molecular weight excluding hydrogens is 322 g/mol. The Hall–Kier alpha value is -3.07. The summed E-state index contributed by atoms with van der Waals surface area (Å²) in [5, 5.41) is 11.8. The minimum absolute atomic E-state index is 0.152. The molecule has 1 saturated heterocycles. The topological polar surface area (TPSA) is 99.8 Å². The lowest BCUT2D eigenvalue weighted by atomic mass is 10.2. The fourth-order valence-corrected chi connectivity index (χ4v) is 2.73. The van der Waals surface area contributed by atoms with Gasteiger partial charge in [-0.3, -0.25) is 4.79 Å². The first kappa shape index (κ1) is 15.5. The van der Waals surface area contributed by atoms with E-state index in [0.29, 0.717) is 25.0 Å². The van der Waals surface area contributed by atoms with Gasteiger partial charge in [-0.15, -0.1) is 5.10 Å². The molecule has 3 aromatic heterocycles. The second kappa shape index (κ2) is 6.44. The van der Waals surface area contributed by atoms with E-state index < -0.39 is 0 Å². The van der Waals surface area contributed by atoms with Crippen LogP contribution in [0.2, 0.25) is 0 Å². The molecule has 9 nitrogen and oxygen atoms in total. The first-order valence-electron chi connectivity index (χ1n) is 7.93. The van der Waals surface area contributed by atoms with Gasteiger partial charge in [0.25, 0.3) is 5.56 Å². The fourth-order valence-electron chi connectivity index (χ4n) is 2.73. The molecule has 0 aliphatic carbocycles. The molecule has 4 heterocycles. The van der Waals surface area contributed by atoms with Crippen molar-refractivity contribution in [2.75, 3.05) is 18.5 Å². The molecule has 3 aromatic rings. The summed E-state index contributed by atoms with van der Waals surface area (Å²) in [4.78, 5) is 20.8. The second-order valence-corrected chi connectivity index (χ2v) is 5.86. The number of nitrogens with zero attached hydrogens (tertiary/aromatic N) is 6. The summed E-state index contributed by atoms with van der Waals surface area (Å²) < 4.78 is 8.61. The average molecular weight is 339 g/mol. The molecule has 0 aromatic carbocycles. The van der Waals surface area contributed by atoms with Crippen LogP contribution in [-0.2, 0) is 4.74 Å². The molecule has 2 unspecified atom stereocenters. The number of ether oxygens (including phenoxy) is 1. The smallest absolute Gasteiger partial charge is 0.267 e. The molecule has 1 fully saturated rings. The van der Waals surface area contributed by atoms with Crippen molar-refractivity contribution < 1.29 is 4.74 Å². The van der Waals surface area contributed by atoms with E-state index in [-0.39, 0.29) is 17.6 Å². The lowest BCUT2D eigenvalue weighted by Gasteiger charge is -2.20. The molecule has 1 aliphatic heterocycles. The van der Waals surface area contributed by atoms with Crippen molar-refractivity contribution in [1.82, 2.24) is 29.5 Å². The zero-order valence-corrected chi connectivity index (χ0v) is 13.6. The van der Waals surface area contributed by atoms with Gasteiger partial charge in [-0.25, -0.2) is 19.3 Å². The molecule has 4 rings (SSSR count). The van der Waals surface area contributed by atoms with E-state index in [1.54, 1.807) is 41.6 Å². The summed E-state index contributed by atoms with van der Waals surface area (Å²) in [5.41, 5.74) is 0.789. The van der Waals surface area contributed by atoms with Crippen LogP contribution in [0.5, 0.6) is 0 Å². The predicted octanol–water partition coefficient (Wildman–Crippen LogP) is 0.579. The summed E-state index contributed by atoms with van der Waals surface area (Å²) in [7, 11) is 0. The Labute approximate surface area is 143 Å². The summed E-state index contributed by atoms with van der Waals surface area (Å²) >= 11 is 0. The molecule has 0 amide bonds. The van der Waals surface area contributed by atoms with Crippen LogP contribution >= 0.6 is 0 Å². The minimum Gasteiger partial charge on any atom is -0.377 e. The predicted molar refractivity (Wildman–Crippen MR) is 89.7 cm³/mol. The number of aryl methyl sites for hydroxylation is 1. The van der Waals surface area contributed by atoms with Gasteiger partial charge in [0.05, 0.1) is 19.3 Å². The van der Waals surface area contributed by atoms with Gasteiger partial charge < -0.3 is 10.1 Å². The van der Waals surface area contributed by atoms with E-state index in [4.69, 9.17) is 4.74 Å². The maximum atomic E-state index is 12.3. The maximum Gasteiger partial charge on any atom is 0.267 e. The molecule has 0 saturated carbocycles. The van der Waals surface area contributed by atoms with Crippen LogP contribution in [0.3, 0.4) is 0 Å². The molecular formula is C16H17N7O2. The largest absolute Gasteiger partial charge is 0.377 e. The average Bonchev–Trinajstić information content (AvgIpc) is 3.29. The first-order valence-corrected chi connectivity index (χ1v) is 7.93. The maximum absolute atomic E-state index is 12.3. The number of anilines is 1. The molecule has 1 N–H and O–H groups in total. The lowest BCUT2D eigenvalue weighted by Crippen LogP contribution is -2.38. The third-order valence-electron chi connectivity index (χ3n) is 4.01. The van der Waals surface area contributed by atoms with Crippen molar-refractivity contribution in [2.24, 2.45) is 0 Å². The van der Waals surface area contributed by atoms with Crippen LogP contribution in [0.1, 0.15) is 11.6 Å². The molecule has 2 atom stereocenters. The van der Waals surface area contributed by atoms with E-state index >= 15 is 0 Å². The summed E-state index contributed by atoms with van der Waals surface area (Å²) in [6.45, 7) is 2.76. The molecule has 25 heavy (non-hydrogen) atoms. The number of rotatable bonds is 4. The highest BCUT2D eigenvalue weighted by Gasteiger charge is 2.32. The van der Waals surface area contributed by atoms with Gasteiger partial charge in [0.1, 0.15) is 6.04 Å². The molecule has 1 aliphatic rings. The molecule has 9 heteroatoms. The number of hydrogen-bond acceptors (Lipinski definition) is 7. The third-order valence-corrected chi connectivity index (χ3v) is 4.01. The molecule has 0 radical (unpaired) electrons. The SMILES string of the molecule is Cc1cnc(NC2COCC2n2nc(-n3cccn3)ccc2=O)nc1. The van der Waals surface area contributed by atoms with Gasteiger partial charge in [0.2, 0.25) is 5.95 Å². The molecule has 0 bridgehead atoms. The van der Waals surface area contributed by atoms with Crippen LogP contribution in [0, 0.1) is 6.92 Å². The quantitative estimate of drug-likeness (QED) is 0.742. The van der Waals surface area contributed by atoms with E-state index in [1.165, 1.54) is 10.7 Å². The highest BCUT2D eigenvalue weighted by molar-refractivity contribution is 5.27. The third kappa shape index (κ3) is 3.13. The van der Waals surface area contributed by atoms with Crippen molar-refractivity contribution in [3.05, 3.63) is 58.9 Å². The Morgan fingerprint density at radius 2 is 2.08 bits per heavy atom.